The van der Waals surface area contributed by atoms with E-state index in [4.69, 9.17) is 21.3 Å². The first-order valence-corrected chi connectivity index (χ1v) is 14.2. The highest BCUT2D eigenvalue weighted by atomic mass is 35.5. The van der Waals surface area contributed by atoms with Gasteiger partial charge >= 0.3 is 0 Å². The number of rotatable bonds is 5. The number of carbonyl (C=O) groups excluding carboxylic acids is 1. The summed E-state index contributed by atoms with van der Waals surface area (Å²) in [5, 5.41) is 13.6. The van der Waals surface area contributed by atoms with Crippen molar-refractivity contribution in [2.24, 2.45) is 0 Å². The highest BCUT2D eigenvalue weighted by Crippen LogP contribution is 2.43. The molecule has 0 unspecified atom stereocenters. The fourth-order valence-corrected chi connectivity index (χ4v) is 6.14. The molecule has 1 aromatic carbocycles. The molecular formula is C27H22ClFN4O5S. The smallest absolute Gasteiger partial charge is 0.251 e. The maximum absolute atomic E-state index is 14.2. The summed E-state index contributed by atoms with van der Waals surface area (Å²) in [4.78, 5) is 26.2. The number of amides is 1. The summed E-state index contributed by atoms with van der Waals surface area (Å²) in [6, 6.07) is 11.3. The number of halogens is 2. The molecule has 1 amide bonds. The predicted molar refractivity (Wildman–Crippen MR) is 141 cm³/mol. The van der Waals surface area contributed by atoms with E-state index >= 15 is 0 Å². The van der Waals surface area contributed by atoms with Gasteiger partial charge in [0.1, 0.15) is 5.75 Å². The van der Waals surface area contributed by atoms with Gasteiger partial charge in [-0.05, 0) is 55.3 Å². The molecule has 4 aromatic rings. The van der Waals surface area contributed by atoms with Crippen molar-refractivity contribution >= 4 is 38.2 Å². The van der Waals surface area contributed by atoms with E-state index in [1.54, 1.807) is 24.4 Å². The van der Waals surface area contributed by atoms with Crippen LogP contribution in [0, 0.1) is 0 Å². The molecule has 9 nitrogen and oxygen atoms in total. The summed E-state index contributed by atoms with van der Waals surface area (Å²) >= 11 is 6.24. The first kappa shape index (κ1) is 25.6. The Balaban J connectivity index is 1.23. The Hall–Kier alpha value is -3.67. The van der Waals surface area contributed by atoms with Gasteiger partial charge in [-0.25, -0.2) is 22.8 Å². The van der Waals surface area contributed by atoms with Crippen molar-refractivity contribution in [2.45, 2.75) is 42.3 Å². The van der Waals surface area contributed by atoms with E-state index in [-0.39, 0.29) is 45.9 Å². The van der Waals surface area contributed by atoms with Crippen molar-refractivity contribution in [3.8, 4) is 17.1 Å². The first-order valence-electron chi connectivity index (χ1n) is 12.2. The predicted octanol–water partition coefficient (Wildman–Crippen LogP) is 4.46. The highest BCUT2D eigenvalue weighted by molar-refractivity contribution is 7.92. The van der Waals surface area contributed by atoms with Crippen molar-refractivity contribution < 1.29 is 27.4 Å². The Morgan fingerprint density at radius 2 is 1.90 bits per heavy atom. The van der Waals surface area contributed by atoms with Crippen LogP contribution < -0.4 is 5.32 Å². The second kappa shape index (κ2) is 9.82. The highest BCUT2D eigenvalue weighted by Gasteiger charge is 2.34. The zero-order chi connectivity index (χ0) is 27.3. The van der Waals surface area contributed by atoms with Crippen LogP contribution in [0.15, 0.2) is 53.6 Å². The maximum atomic E-state index is 14.2. The third kappa shape index (κ3) is 4.93. The lowest BCUT2D eigenvalue weighted by Gasteiger charge is -2.12. The van der Waals surface area contributed by atoms with Crippen LogP contribution in [0.1, 0.15) is 46.1 Å². The molecule has 4 heterocycles. The number of fused-ring (bicyclic) bond motifs is 2. The van der Waals surface area contributed by atoms with E-state index in [0.29, 0.717) is 28.3 Å². The van der Waals surface area contributed by atoms with Crippen LogP contribution in [0.4, 0.5) is 4.39 Å². The van der Waals surface area contributed by atoms with Crippen LogP contribution in [0.25, 0.3) is 22.3 Å². The minimum absolute atomic E-state index is 0.00330. The zero-order valence-electron chi connectivity index (χ0n) is 20.4. The van der Waals surface area contributed by atoms with Crippen molar-refractivity contribution in [1.82, 2.24) is 20.3 Å². The molecule has 12 heteroatoms. The van der Waals surface area contributed by atoms with Crippen molar-refractivity contribution in [3.05, 3.63) is 76.2 Å². The quantitative estimate of drug-likeness (QED) is 0.361. The standard InChI is InChI=1S/C27H22ClFN4O5S/c28-19-7-16(8-24-18(19)12-38-13-25(29)39(24,36)37)27(35)31-11-17-9-22-15(10-30-17)3-4-20(32-22)21-5-6-23(34)26(33-21)14-1-2-14/h3-10,14,25,34H,1-2,11-13H2,(H,31,35)/t25-/m1/s1. The molecular weight excluding hydrogens is 547 g/mol. The summed E-state index contributed by atoms with van der Waals surface area (Å²) in [5.41, 5.74) is 0.991. The molecule has 0 radical (unpaired) electrons. The van der Waals surface area contributed by atoms with E-state index in [9.17, 15) is 22.7 Å². The van der Waals surface area contributed by atoms with Crippen LogP contribution in [-0.4, -0.2) is 46.5 Å². The number of aromatic nitrogens is 3. The van der Waals surface area contributed by atoms with Gasteiger partial charge in [0.05, 0.1) is 52.9 Å². The average Bonchev–Trinajstić information content (AvgIpc) is 3.78. The van der Waals surface area contributed by atoms with Crippen LogP contribution >= 0.6 is 11.6 Å². The Morgan fingerprint density at radius 1 is 1.13 bits per heavy atom. The fraction of sp³-hybridized carbons (Fsp3) is 0.259. The van der Waals surface area contributed by atoms with E-state index < -0.39 is 27.9 Å². The Kier molecular flexibility index (Phi) is 6.44. The molecule has 200 valence electrons. The van der Waals surface area contributed by atoms with Crippen LogP contribution in [0.3, 0.4) is 0 Å². The number of hydrogen-bond acceptors (Lipinski definition) is 8. The molecule has 2 N–H and O–H groups in total. The number of hydrogen-bond donors (Lipinski definition) is 2. The van der Waals surface area contributed by atoms with Crippen LogP contribution in [0.5, 0.6) is 5.75 Å². The summed E-state index contributed by atoms with van der Waals surface area (Å²) in [7, 11) is -4.36. The Labute approximate surface area is 228 Å². The number of pyridine rings is 3. The molecule has 1 fully saturated rings. The number of nitrogens with zero attached hydrogens (tertiary/aromatic N) is 3. The van der Waals surface area contributed by atoms with E-state index in [0.717, 1.165) is 24.3 Å². The lowest BCUT2D eigenvalue weighted by molar-refractivity contribution is 0.0947. The van der Waals surface area contributed by atoms with Gasteiger partial charge in [-0.15, -0.1) is 0 Å². The van der Waals surface area contributed by atoms with E-state index in [1.807, 2.05) is 12.1 Å². The minimum atomic E-state index is -4.36. The Bertz CT molecular complexity index is 1750. The van der Waals surface area contributed by atoms with Crippen molar-refractivity contribution in [3.63, 3.8) is 0 Å². The number of sulfone groups is 1. The number of carbonyl (C=O) groups is 1. The SMILES string of the molecule is O=C(NCc1cc2nc(-c3ccc(O)c(C4CC4)n3)ccc2cn1)c1cc(Cl)c2c(c1)S(=O)(=O)[C@@H](F)COC2. The summed E-state index contributed by atoms with van der Waals surface area (Å²) < 4.78 is 44.4. The van der Waals surface area contributed by atoms with Gasteiger partial charge in [-0.2, -0.15) is 0 Å². The summed E-state index contributed by atoms with van der Waals surface area (Å²) in [6.07, 6.45) is 3.66. The van der Waals surface area contributed by atoms with Crippen LogP contribution in [-0.2, 0) is 27.7 Å². The van der Waals surface area contributed by atoms with Gasteiger partial charge < -0.3 is 15.2 Å². The second-order valence-electron chi connectivity index (χ2n) is 9.53. The number of aromatic hydroxyl groups is 1. The monoisotopic (exact) mass is 568 g/mol. The van der Waals surface area contributed by atoms with Crippen molar-refractivity contribution in [1.29, 1.82) is 0 Å². The lowest BCUT2D eigenvalue weighted by Crippen LogP contribution is -2.24. The molecule has 3 aromatic heterocycles. The normalized spacial score (nSPS) is 18.4. The molecule has 1 aliphatic heterocycles. The minimum Gasteiger partial charge on any atom is -0.506 e. The van der Waals surface area contributed by atoms with E-state index in [1.165, 1.54) is 6.07 Å². The van der Waals surface area contributed by atoms with Crippen molar-refractivity contribution in [2.75, 3.05) is 6.61 Å². The fourth-order valence-electron chi connectivity index (χ4n) is 4.45. The van der Waals surface area contributed by atoms with Gasteiger partial charge in [0.25, 0.3) is 5.91 Å². The van der Waals surface area contributed by atoms with Gasteiger partial charge in [0.15, 0.2) is 0 Å². The number of alkyl halides is 1. The van der Waals surface area contributed by atoms with E-state index in [2.05, 4.69) is 15.3 Å². The molecule has 1 aliphatic carbocycles. The maximum Gasteiger partial charge on any atom is 0.251 e. The van der Waals surface area contributed by atoms with Gasteiger partial charge in [-0.1, -0.05) is 11.6 Å². The molecule has 1 atom stereocenters. The average molecular weight is 569 g/mol. The molecule has 0 spiro atoms. The second-order valence-corrected chi connectivity index (χ2v) is 12.0. The molecule has 39 heavy (non-hydrogen) atoms. The van der Waals surface area contributed by atoms with Gasteiger partial charge in [0, 0.05) is 33.7 Å². The molecule has 6 rings (SSSR count). The zero-order valence-corrected chi connectivity index (χ0v) is 22.0. The Morgan fingerprint density at radius 3 is 2.69 bits per heavy atom. The summed E-state index contributed by atoms with van der Waals surface area (Å²) in [6.45, 7) is -0.754. The molecule has 1 saturated carbocycles. The third-order valence-electron chi connectivity index (χ3n) is 6.74. The topological polar surface area (TPSA) is 131 Å². The molecule has 0 bridgehead atoms. The number of ether oxygens (including phenoxy) is 1. The lowest BCUT2D eigenvalue weighted by atomic mass is 10.1. The largest absolute Gasteiger partial charge is 0.506 e. The number of nitrogens with one attached hydrogen (secondary N) is 1. The third-order valence-corrected chi connectivity index (χ3v) is 8.87. The van der Waals surface area contributed by atoms with Gasteiger partial charge in [-0.3, -0.25) is 9.78 Å². The number of benzene rings is 1. The first-order chi connectivity index (χ1) is 18.7. The molecule has 0 saturated heterocycles. The van der Waals surface area contributed by atoms with Crippen LogP contribution in [0.2, 0.25) is 5.02 Å². The molecule has 2 aliphatic rings. The summed E-state index contributed by atoms with van der Waals surface area (Å²) in [5.74, 6) is -0.124. The van der Waals surface area contributed by atoms with Gasteiger partial charge in [0.2, 0.25) is 15.3 Å².